The maximum absolute atomic E-state index is 12.0. The SMILES string of the molecule is CCCOCCCN1C(=O)CSC1c1ccc(OC)cc1. The first-order chi connectivity index (χ1) is 10.3. The van der Waals surface area contributed by atoms with Crippen molar-refractivity contribution < 1.29 is 14.3 Å². The van der Waals surface area contributed by atoms with Crippen LogP contribution in [0.3, 0.4) is 0 Å². The Hall–Kier alpha value is -1.20. The summed E-state index contributed by atoms with van der Waals surface area (Å²) in [7, 11) is 1.66. The van der Waals surface area contributed by atoms with Crippen molar-refractivity contribution in [3.8, 4) is 5.75 Å². The van der Waals surface area contributed by atoms with Gasteiger partial charge in [0.05, 0.1) is 12.9 Å². The highest BCUT2D eigenvalue weighted by atomic mass is 32.2. The van der Waals surface area contributed by atoms with Crippen molar-refractivity contribution in [1.82, 2.24) is 4.90 Å². The molecule has 1 aliphatic heterocycles. The summed E-state index contributed by atoms with van der Waals surface area (Å²) in [6.45, 7) is 4.37. The summed E-state index contributed by atoms with van der Waals surface area (Å²) in [6.07, 6.45) is 1.92. The highest BCUT2D eigenvalue weighted by molar-refractivity contribution is 8.00. The Morgan fingerprint density at radius 2 is 2.05 bits per heavy atom. The maximum atomic E-state index is 12.0. The number of methoxy groups -OCH3 is 1. The average Bonchev–Trinajstić information content (AvgIpc) is 2.88. The number of benzene rings is 1. The van der Waals surface area contributed by atoms with Crippen molar-refractivity contribution in [1.29, 1.82) is 0 Å². The molecule has 0 bridgehead atoms. The number of rotatable bonds is 8. The van der Waals surface area contributed by atoms with Crippen LogP contribution in [0.5, 0.6) is 5.75 Å². The molecule has 1 amide bonds. The number of hydrogen-bond acceptors (Lipinski definition) is 4. The molecule has 1 atom stereocenters. The van der Waals surface area contributed by atoms with Crippen LogP contribution in [0.1, 0.15) is 30.7 Å². The summed E-state index contributed by atoms with van der Waals surface area (Å²) in [5, 5.41) is 0.120. The van der Waals surface area contributed by atoms with Gasteiger partial charge in [-0.15, -0.1) is 11.8 Å². The Morgan fingerprint density at radius 3 is 2.71 bits per heavy atom. The largest absolute Gasteiger partial charge is 0.497 e. The Kier molecular flexibility index (Phi) is 6.39. The first kappa shape index (κ1) is 16.2. The fraction of sp³-hybridized carbons (Fsp3) is 0.562. The third kappa shape index (κ3) is 4.38. The van der Waals surface area contributed by atoms with E-state index in [4.69, 9.17) is 9.47 Å². The molecule has 0 N–H and O–H groups in total. The number of carbonyl (C=O) groups is 1. The average molecular weight is 309 g/mol. The van der Waals surface area contributed by atoms with Crippen LogP contribution in [0.2, 0.25) is 0 Å². The number of carbonyl (C=O) groups excluding carboxylic acids is 1. The second-order valence-electron chi connectivity index (χ2n) is 4.99. The van der Waals surface area contributed by atoms with E-state index in [1.54, 1.807) is 18.9 Å². The fourth-order valence-electron chi connectivity index (χ4n) is 2.32. The van der Waals surface area contributed by atoms with Gasteiger partial charge in [-0.3, -0.25) is 4.79 Å². The summed E-state index contributed by atoms with van der Waals surface area (Å²) < 4.78 is 10.7. The Balaban J connectivity index is 1.92. The quantitative estimate of drug-likeness (QED) is 0.692. The van der Waals surface area contributed by atoms with Crippen molar-refractivity contribution in [3.63, 3.8) is 0 Å². The van der Waals surface area contributed by atoms with E-state index in [1.807, 2.05) is 29.2 Å². The van der Waals surface area contributed by atoms with Crippen LogP contribution in [-0.2, 0) is 9.53 Å². The van der Waals surface area contributed by atoms with Crippen LogP contribution in [0.15, 0.2) is 24.3 Å². The number of hydrogen-bond donors (Lipinski definition) is 0. The molecule has 5 heteroatoms. The zero-order chi connectivity index (χ0) is 15.1. The predicted octanol–water partition coefficient (Wildman–Crippen LogP) is 3.09. The van der Waals surface area contributed by atoms with Gasteiger partial charge in [-0.1, -0.05) is 19.1 Å². The first-order valence-electron chi connectivity index (χ1n) is 7.39. The van der Waals surface area contributed by atoms with E-state index >= 15 is 0 Å². The van der Waals surface area contributed by atoms with Crippen molar-refractivity contribution in [3.05, 3.63) is 29.8 Å². The minimum atomic E-state index is 0.120. The molecule has 1 unspecified atom stereocenters. The van der Waals surface area contributed by atoms with Gasteiger partial charge in [-0.05, 0) is 30.5 Å². The maximum Gasteiger partial charge on any atom is 0.233 e. The van der Waals surface area contributed by atoms with Crippen LogP contribution < -0.4 is 4.74 Å². The Labute approximate surface area is 130 Å². The molecule has 0 aromatic heterocycles. The van der Waals surface area contributed by atoms with Gasteiger partial charge in [-0.25, -0.2) is 0 Å². The second-order valence-corrected chi connectivity index (χ2v) is 6.06. The Bertz CT molecular complexity index is 449. The lowest BCUT2D eigenvalue weighted by Gasteiger charge is -2.24. The summed E-state index contributed by atoms with van der Waals surface area (Å²) in [4.78, 5) is 14.0. The topological polar surface area (TPSA) is 38.8 Å². The third-order valence-electron chi connectivity index (χ3n) is 3.41. The molecule has 2 rings (SSSR count). The number of thioether (sulfide) groups is 1. The normalized spacial score (nSPS) is 18.3. The predicted molar refractivity (Wildman–Crippen MR) is 85.6 cm³/mol. The molecular weight excluding hydrogens is 286 g/mol. The van der Waals surface area contributed by atoms with E-state index in [-0.39, 0.29) is 11.3 Å². The molecule has 1 aliphatic rings. The molecule has 1 saturated heterocycles. The Morgan fingerprint density at radius 1 is 1.29 bits per heavy atom. The summed E-state index contributed by atoms with van der Waals surface area (Å²) in [5.41, 5.74) is 1.15. The molecule has 0 spiro atoms. The van der Waals surface area contributed by atoms with Crippen LogP contribution in [0, 0.1) is 0 Å². The standard InChI is InChI=1S/C16H23NO3S/c1-3-10-20-11-4-9-17-15(18)12-21-16(17)13-5-7-14(19-2)8-6-13/h5-8,16H,3-4,9-12H2,1-2H3. The van der Waals surface area contributed by atoms with Gasteiger partial charge in [0.15, 0.2) is 0 Å². The summed E-state index contributed by atoms with van der Waals surface area (Å²) in [6, 6.07) is 7.97. The zero-order valence-corrected chi connectivity index (χ0v) is 13.5. The van der Waals surface area contributed by atoms with Gasteiger partial charge in [0.2, 0.25) is 5.91 Å². The van der Waals surface area contributed by atoms with Crippen LogP contribution >= 0.6 is 11.8 Å². The van der Waals surface area contributed by atoms with E-state index in [0.29, 0.717) is 5.75 Å². The van der Waals surface area contributed by atoms with Crippen LogP contribution in [-0.4, -0.2) is 43.4 Å². The lowest BCUT2D eigenvalue weighted by atomic mass is 10.2. The molecular formula is C16H23NO3S. The molecule has 1 fully saturated rings. The highest BCUT2D eigenvalue weighted by Gasteiger charge is 2.32. The van der Waals surface area contributed by atoms with Gasteiger partial charge < -0.3 is 14.4 Å². The first-order valence-corrected chi connectivity index (χ1v) is 8.44. The van der Waals surface area contributed by atoms with E-state index in [0.717, 1.165) is 43.9 Å². The third-order valence-corrected chi connectivity index (χ3v) is 4.66. The molecule has 0 saturated carbocycles. The smallest absolute Gasteiger partial charge is 0.233 e. The van der Waals surface area contributed by atoms with E-state index in [9.17, 15) is 4.79 Å². The van der Waals surface area contributed by atoms with Crippen LogP contribution in [0.25, 0.3) is 0 Å². The molecule has 0 radical (unpaired) electrons. The van der Waals surface area contributed by atoms with Crippen molar-refractivity contribution >= 4 is 17.7 Å². The van der Waals surface area contributed by atoms with E-state index < -0.39 is 0 Å². The minimum absolute atomic E-state index is 0.120. The van der Waals surface area contributed by atoms with E-state index in [2.05, 4.69) is 6.92 Å². The van der Waals surface area contributed by atoms with Crippen LogP contribution in [0.4, 0.5) is 0 Å². The summed E-state index contributed by atoms with van der Waals surface area (Å²) in [5.74, 6) is 1.62. The second kappa shape index (κ2) is 8.29. The van der Waals surface area contributed by atoms with E-state index in [1.165, 1.54) is 0 Å². The molecule has 1 heterocycles. The molecule has 0 aliphatic carbocycles. The summed E-state index contributed by atoms with van der Waals surface area (Å²) >= 11 is 1.69. The van der Waals surface area contributed by atoms with Crippen molar-refractivity contribution in [2.45, 2.75) is 25.1 Å². The van der Waals surface area contributed by atoms with Gasteiger partial charge in [0.1, 0.15) is 11.1 Å². The highest BCUT2D eigenvalue weighted by Crippen LogP contribution is 2.38. The molecule has 21 heavy (non-hydrogen) atoms. The molecule has 116 valence electrons. The fourth-order valence-corrected chi connectivity index (χ4v) is 3.54. The lowest BCUT2D eigenvalue weighted by Crippen LogP contribution is -2.29. The number of amides is 1. The van der Waals surface area contributed by atoms with Crippen molar-refractivity contribution in [2.24, 2.45) is 0 Å². The molecule has 1 aromatic carbocycles. The van der Waals surface area contributed by atoms with Gasteiger partial charge in [0, 0.05) is 19.8 Å². The van der Waals surface area contributed by atoms with Crippen molar-refractivity contribution in [2.75, 3.05) is 32.6 Å². The monoisotopic (exact) mass is 309 g/mol. The van der Waals surface area contributed by atoms with Gasteiger partial charge >= 0.3 is 0 Å². The lowest BCUT2D eigenvalue weighted by molar-refractivity contribution is -0.128. The molecule has 4 nitrogen and oxygen atoms in total. The molecule has 1 aromatic rings. The number of nitrogens with zero attached hydrogens (tertiary/aromatic N) is 1. The number of ether oxygens (including phenoxy) is 2. The van der Waals surface area contributed by atoms with Gasteiger partial charge in [0.25, 0.3) is 0 Å². The zero-order valence-electron chi connectivity index (χ0n) is 12.7. The van der Waals surface area contributed by atoms with Gasteiger partial charge in [-0.2, -0.15) is 0 Å². The minimum Gasteiger partial charge on any atom is -0.497 e.